The van der Waals surface area contributed by atoms with Crippen LogP contribution in [0.25, 0.3) is 11.4 Å². The first-order valence-corrected chi connectivity index (χ1v) is 11.1. The van der Waals surface area contributed by atoms with Crippen molar-refractivity contribution >= 4 is 23.0 Å². The second-order valence-electron chi connectivity index (χ2n) is 8.10. The molecule has 4 heterocycles. The van der Waals surface area contributed by atoms with E-state index in [1.807, 2.05) is 29.2 Å². The molecule has 9 heteroatoms. The van der Waals surface area contributed by atoms with E-state index in [2.05, 4.69) is 43.4 Å². The van der Waals surface area contributed by atoms with Gasteiger partial charge in [0.25, 0.3) is 0 Å². The minimum atomic E-state index is -0.366. The van der Waals surface area contributed by atoms with E-state index in [0.29, 0.717) is 42.5 Å². The van der Waals surface area contributed by atoms with Crippen LogP contribution in [0.2, 0.25) is 0 Å². The molecule has 0 amide bonds. The molecule has 0 saturated carbocycles. The summed E-state index contributed by atoms with van der Waals surface area (Å²) in [5.74, 6) is 0.457. The van der Waals surface area contributed by atoms with Gasteiger partial charge in [-0.05, 0) is 48.9 Å². The van der Waals surface area contributed by atoms with Gasteiger partial charge < -0.3 is 25.0 Å². The van der Waals surface area contributed by atoms with Gasteiger partial charge in [0.1, 0.15) is 6.07 Å². The number of nitrogens with one attached hydrogen (secondary N) is 1. The average molecular weight is 444 g/mol. The number of anilines is 4. The summed E-state index contributed by atoms with van der Waals surface area (Å²) in [6.45, 7) is 4.52. The molecule has 2 fully saturated rings. The van der Waals surface area contributed by atoms with E-state index in [0.717, 1.165) is 43.4 Å². The lowest BCUT2D eigenvalue weighted by molar-refractivity contribution is 0.122. The molecule has 2 aliphatic heterocycles. The molecule has 9 nitrogen and oxygen atoms in total. The van der Waals surface area contributed by atoms with Crippen LogP contribution in [0.3, 0.4) is 0 Å². The fourth-order valence-electron chi connectivity index (χ4n) is 4.16. The van der Waals surface area contributed by atoms with E-state index in [9.17, 15) is 10.4 Å². The SMILES string of the molecule is N#Cc1nc(-c2ccnc(Nc3ccc(N4CCOCC4)cc3)n2)ccc1N1CC[C@H](O)C1. The number of aliphatic hydroxyl groups is 1. The summed E-state index contributed by atoms with van der Waals surface area (Å²) in [7, 11) is 0. The highest BCUT2D eigenvalue weighted by molar-refractivity contribution is 5.65. The maximum Gasteiger partial charge on any atom is 0.227 e. The Morgan fingerprint density at radius 2 is 1.76 bits per heavy atom. The van der Waals surface area contributed by atoms with E-state index in [1.165, 1.54) is 0 Å². The van der Waals surface area contributed by atoms with Gasteiger partial charge in [-0.15, -0.1) is 0 Å². The fourth-order valence-corrected chi connectivity index (χ4v) is 4.16. The monoisotopic (exact) mass is 443 g/mol. The third-order valence-corrected chi connectivity index (χ3v) is 5.90. The summed E-state index contributed by atoms with van der Waals surface area (Å²) in [4.78, 5) is 17.7. The predicted molar refractivity (Wildman–Crippen MR) is 126 cm³/mol. The topological polar surface area (TPSA) is 110 Å². The highest BCUT2D eigenvalue weighted by Gasteiger charge is 2.23. The number of ether oxygens (including phenoxy) is 1. The average Bonchev–Trinajstić information content (AvgIpc) is 3.31. The number of aliphatic hydroxyl groups excluding tert-OH is 1. The molecule has 33 heavy (non-hydrogen) atoms. The van der Waals surface area contributed by atoms with Crippen LogP contribution in [0.5, 0.6) is 0 Å². The molecule has 0 unspecified atom stereocenters. The van der Waals surface area contributed by atoms with Gasteiger partial charge in [-0.25, -0.2) is 15.0 Å². The lowest BCUT2D eigenvalue weighted by atomic mass is 10.2. The molecule has 1 aromatic carbocycles. The van der Waals surface area contributed by atoms with E-state index < -0.39 is 0 Å². The number of nitrogens with zero attached hydrogens (tertiary/aromatic N) is 6. The van der Waals surface area contributed by atoms with Crippen molar-refractivity contribution in [3.63, 3.8) is 0 Å². The number of hydrogen-bond donors (Lipinski definition) is 2. The number of benzene rings is 1. The van der Waals surface area contributed by atoms with Crippen molar-refractivity contribution in [2.45, 2.75) is 12.5 Å². The predicted octanol–water partition coefficient (Wildman–Crippen LogP) is 2.56. The Hall–Kier alpha value is -3.74. The molecule has 5 rings (SSSR count). The third-order valence-electron chi connectivity index (χ3n) is 5.90. The quantitative estimate of drug-likeness (QED) is 0.615. The van der Waals surface area contributed by atoms with Crippen LogP contribution >= 0.6 is 0 Å². The number of pyridine rings is 1. The minimum absolute atomic E-state index is 0.327. The summed E-state index contributed by atoms with van der Waals surface area (Å²) in [6, 6.07) is 15.8. The number of aromatic nitrogens is 3. The van der Waals surface area contributed by atoms with Crippen molar-refractivity contribution in [2.75, 3.05) is 54.5 Å². The van der Waals surface area contributed by atoms with Gasteiger partial charge in [-0.3, -0.25) is 0 Å². The number of hydrogen-bond acceptors (Lipinski definition) is 9. The first-order valence-electron chi connectivity index (χ1n) is 11.1. The van der Waals surface area contributed by atoms with Crippen LogP contribution in [0.4, 0.5) is 23.0 Å². The summed E-state index contributed by atoms with van der Waals surface area (Å²) in [5.41, 5.74) is 4.35. The number of rotatable bonds is 5. The minimum Gasteiger partial charge on any atom is -0.391 e. The Morgan fingerprint density at radius 3 is 2.48 bits per heavy atom. The van der Waals surface area contributed by atoms with Gasteiger partial charge in [-0.1, -0.05) is 0 Å². The van der Waals surface area contributed by atoms with Crippen LogP contribution in [0.1, 0.15) is 12.1 Å². The van der Waals surface area contributed by atoms with E-state index in [4.69, 9.17) is 4.74 Å². The number of morpholine rings is 1. The Labute approximate surface area is 192 Å². The van der Waals surface area contributed by atoms with E-state index in [1.54, 1.807) is 12.3 Å². The van der Waals surface area contributed by atoms with Crippen molar-refractivity contribution in [1.29, 1.82) is 5.26 Å². The first kappa shape index (κ1) is 21.1. The molecule has 0 aliphatic carbocycles. The van der Waals surface area contributed by atoms with E-state index >= 15 is 0 Å². The Morgan fingerprint density at radius 1 is 0.970 bits per heavy atom. The maximum atomic E-state index is 9.81. The molecular formula is C24H25N7O2. The molecule has 168 valence electrons. The third kappa shape index (κ3) is 4.72. The second-order valence-corrected chi connectivity index (χ2v) is 8.10. The summed E-state index contributed by atoms with van der Waals surface area (Å²) in [5, 5.41) is 22.7. The van der Waals surface area contributed by atoms with Gasteiger partial charge >= 0.3 is 0 Å². The zero-order valence-corrected chi connectivity index (χ0v) is 18.2. The van der Waals surface area contributed by atoms with Gasteiger partial charge in [0, 0.05) is 43.8 Å². The molecule has 2 saturated heterocycles. The summed E-state index contributed by atoms with van der Waals surface area (Å²) < 4.78 is 5.42. The molecule has 2 aromatic heterocycles. The van der Waals surface area contributed by atoms with E-state index in [-0.39, 0.29) is 6.10 Å². The number of nitriles is 1. The van der Waals surface area contributed by atoms with Crippen molar-refractivity contribution < 1.29 is 9.84 Å². The highest BCUT2D eigenvalue weighted by Crippen LogP contribution is 2.27. The normalized spacial score (nSPS) is 18.2. The van der Waals surface area contributed by atoms with Crippen LogP contribution in [-0.4, -0.2) is 65.6 Å². The zero-order chi connectivity index (χ0) is 22.6. The van der Waals surface area contributed by atoms with Crippen LogP contribution < -0.4 is 15.1 Å². The lowest BCUT2D eigenvalue weighted by Crippen LogP contribution is -2.36. The van der Waals surface area contributed by atoms with Crippen LogP contribution in [-0.2, 0) is 4.74 Å². The molecule has 1 atom stereocenters. The largest absolute Gasteiger partial charge is 0.391 e. The number of β-amino-alcohol motifs (C(OH)–C–C–N with tert-alkyl or cyclic N) is 1. The Kier molecular flexibility index (Phi) is 6.02. The molecular weight excluding hydrogens is 418 g/mol. The molecule has 0 spiro atoms. The Balaban J connectivity index is 1.32. The fraction of sp³-hybridized carbons (Fsp3) is 0.333. The lowest BCUT2D eigenvalue weighted by Gasteiger charge is -2.28. The molecule has 2 N–H and O–H groups in total. The van der Waals surface area contributed by atoms with Gasteiger partial charge in [0.15, 0.2) is 5.69 Å². The standard InChI is InChI=1S/C24H25N7O2/c25-15-22-23(31-10-8-19(32)16-31)6-5-20(28-22)21-7-9-26-24(29-21)27-17-1-3-18(4-2-17)30-11-13-33-14-12-30/h1-7,9,19,32H,8,10-14,16H2,(H,26,27,29)/t19-/m0/s1. The van der Waals surface area contributed by atoms with Gasteiger partial charge in [0.05, 0.1) is 36.4 Å². The van der Waals surface area contributed by atoms with Crippen molar-refractivity contribution in [3.05, 3.63) is 54.4 Å². The van der Waals surface area contributed by atoms with Crippen molar-refractivity contribution in [1.82, 2.24) is 15.0 Å². The Bertz CT molecular complexity index is 1160. The molecule has 0 radical (unpaired) electrons. The first-order chi connectivity index (χ1) is 16.2. The smallest absolute Gasteiger partial charge is 0.227 e. The van der Waals surface area contributed by atoms with Crippen molar-refractivity contribution in [2.24, 2.45) is 0 Å². The van der Waals surface area contributed by atoms with Crippen LogP contribution in [0, 0.1) is 11.3 Å². The maximum absolute atomic E-state index is 9.81. The molecule has 2 aliphatic rings. The zero-order valence-electron chi connectivity index (χ0n) is 18.2. The van der Waals surface area contributed by atoms with Crippen LogP contribution in [0.15, 0.2) is 48.7 Å². The summed E-state index contributed by atoms with van der Waals surface area (Å²) in [6.07, 6.45) is 2.00. The summed E-state index contributed by atoms with van der Waals surface area (Å²) >= 11 is 0. The molecule has 0 bridgehead atoms. The van der Waals surface area contributed by atoms with Gasteiger partial charge in [0.2, 0.25) is 5.95 Å². The second kappa shape index (κ2) is 9.40. The highest BCUT2D eigenvalue weighted by atomic mass is 16.5. The van der Waals surface area contributed by atoms with Crippen molar-refractivity contribution in [3.8, 4) is 17.5 Å². The van der Waals surface area contributed by atoms with Gasteiger partial charge in [-0.2, -0.15) is 5.26 Å². The molecule has 3 aromatic rings.